The van der Waals surface area contributed by atoms with Gasteiger partial charge in [-0.25, -0.2) is 0 Å². The molecule has 0 radical (unpaired) electrons. The Bertz CT molecular complexity index is 367. The molecule has 1 rings (SSSR count). The second kappa shape index (κ2) is 4.79. The zero-order chi connectivity index (χ0) is 13.1. The van der Waals surface area contributed by atoms with Crippen molar-refractivity contribution in [3.63, 3.8) is 0 Å². The van der Waals surface area contributed by atoms with Gasteiger partial charge in [0.05, 0.1) is 5.92 Å². The topological polar surface area (TPSA) is 52.6 Å². The molecule has 0 amide bonds. The largest absolute Gasteiger partial charge is 0.449 e. The van der Waals surface area contributed by atoms with Gasteiger partial charge in [0.1, 0.15) is 0 Å². The van der Waals surface area contributed by atoms with Crippen molar-refractivity contribution in [2.24, 2.45) is 5.92 Å². The highest BCUT2D eigenvalue weighted by Crippen LogP contribution is 2.31. The Hall–Kier alpha value is -1.50. The van der Waals surface area contributed by atoms with Crippen LogP contribution in [0.5, 0.6) is 0 Å². The third kappa shape index (κ3) is 4.90. The van der Waals surface area contributed by atoms with E-state index < -0.39 is 11.2 Å². The molecule has 0 saturated heterocycles. The summed E-state index contributed by atoms with van der Waals surface area (Å²) >= 11 is 0. The molecule has 4 nitrogen and oxygen atoms in total. The second-order valence-corrected chi connectivity index (χ2v) is 5.18. The summed E-state index contributed by atoms with van der Waals surface area (Å²) in [5.41, 5.74) is -1.73. The van der Waals surface area contributed by atoms with Crippen molar-refractivity contribution < 1.29 is 19.1 Å². The van der Waals surface area contributed by atoms with Gasteiger partial charge in [0.15, 0.2) is 11.2 Å². The molecule has 1 aliphatic rings. The average Bonchev–Trinajstić information content (AvgIpc) is 2.97. The van der Waals surface area contributed by atoms with Crippen molar-refractivity contribution in [2.75, 3.05) is 0 Å². The first-order valence-corrected chi connectivity index (χ1v) is 5.64. The summed E-state index contributed by atoms with van der Waals surface area (Å²) in [5, 5.41) is 0. The summed E-state index contributed by atoms with van der Waals surface area (Å²) in [4.78, 5) is 21.7. The fraction of sp³-hybridized carbons (Fsp3) is 0.692. The fourth-order valence-electron chi connectivity index (χ4n) is 1.13. The number of hydrogen-bond acceptors (Lipinski definition) is 4. The van der Waals surface area contributed by atoms with Crippen LogP contribution in [0.2, 0.25) is 0 Å². The predicted molar refractivity (Wildman–Crippen MR) is 61.9 cm³/mol. The Kier molecular flexibility index (Phi) is 3.82. The Morgan fingerprint density at radius 2 is 1.71 bits per heavy atom. The summed E-state index contributed by atoms with van der Waals surface area (Å²) in [5.74, 6) is 5.46. The highest BCUT2D eigenvalue weighted by Gasteiger charge is 2.34. The molecular weight excluding hydrogens is 220 g/mol. The predicted octanol–water partition coefficient (Wildman–Crippen LogP) is 1.67. The molecule has 0 aromatic rings. The van der Waals surface area contributed by atoms with E-state index in [0.29, 0.717) is 6.47 Å². The van der Waals surface area contributed by atoms with Gasteiger partial charge >= 0.3 is 5.97 Å². The minimum absolute atomic E-state index is 0.0512. The molecule has 1 fully saturated rings. The molecule has 0 atom stereocenters. The van der Waals surface area contributed by atoms with Gasteiger partial charge in [-0.05, 0) is 40.5 Å². The first-order chi connectivity index (χ1) is 7.76. The van der Waals surface area contributed by atoms with Crippen LogP contribution in [0.25, 0.3) is 0 Å². The zero-order valence-corrected chi connectivity index (χ0v) is 10.7. The van der Waals surface area contributed by atoms with E-state index in [0.717, 1.165) is 12.8 Å². The first-order valence-electron chi connectivity index (χ1n) is 5.64. The Labute approximate surface area is 102 Å². The summed E-state index contributed by atoms with van der Waals surface area (Å²) in [6.45, 7) is 7.15. The smallest absolute Gasteiger partial charge is 0.310 e. The molecule has 0 unspecified atom stereocenters. The minimum Gasteiger partial charge on any atom is -0.449 e. The molecule has 0 bridgehead atoms. The van der Waals surface area contributed by atoms with Crippen LogP contribution < -0.4 is 0 Å². The molecule has 0 aromatic heterocycles. The lowest BCUT2D eigenvalue weighted by Gasteiger charge is -2.20. The van der Waals surface area contributed by atoms with Crippen molar-refractivity contribution >= 4 is 12.4 Å². The van der Waals surface area contributed by atoms with E-state index in [4.69, 9.17) is 9.47 Å². The van der Waals surface area contributed by atoms with Crippen LogP contribution in [0, 0.1) is 17.8 Å². The van der Waals surface area contributed by atoms with Crippen molar-refractivity contribution in [1.29, 1.82) is 0 Å². The maximum absolute atomic E-state index is 11.5. The van der Waals surface area contributed by atoms with Crippen molar-refractivity contribution in [3.05, 3.63) is 0 Å². The molecule has 94 valence electrons. The van der Waals surface area contributed by atoms with Crippen LogP contribution in [0.4, 0.5) is 0 Å². The van der Waals surface area contributed by atoms with Crippen LogP contribution in [0.3, 0.4) is 0 Å². The van der Waals surface area contributed by atoms with Gasteiger partial charge in [-0.3, -0.25) is 9.59 Å². The number of rotatable bonds is 4. The Balaban J connectivity index is 2.61. The molecule has 0 heterocycles. The van der Waals surface area contributed by atoms with Gasteiger partial charge in [0, 0.05) is 0 Å². The normalized spacial score (nSPS) is 15.5. The maximum Gasteiger partial charge on any atom is 0.310 e. The molecule has 4 heteroatoms. The van der Waals surface area contributed by atoms with Gasteiger partial charge in [0.25, 0.3) is 6.47 Å². The summed E-state index contributed by atoms with van der Waals surface area (Å²) in [6, 6.07) is 0. The van der Waals surface area contributed by atoms with E-state index in [9.17, 15) is 9.59 Å². The molecule has 0 aliphatic heterocycles. The molecular formula is C13H18O4. The third-order valence-electron chi connectivity index (χ3n) is 2.27. The average molecular weight is 238 g/mol. The SMILES string of the molecule is CC(C)(C#CC(C)(C)OC(=O)C1CC1)OC=O. The van der Waals surface area contributed by atoms with E-state index >= 15 is 0 Å². The maximum atomic E-state index is 11.5. The minimum atomic E-state index is -0.870. The first kappa shape index (κ1) is 13.6. The molecule has 17 heavy (non-hydrogen) atoms. The number of esters is 1. The van der Waals surface area contributed by atoms with E-state index in [1.165, 1.54) is 0 Å². The van der Waals surface area contributed by atoms with Gasteiger partial charge in [-0.15, -0.1) is 0 Å². The van der Waals surface area contributed by atoms with Gasteiger partial charge in [-0.1, -0.05) is 11.8 Å². The number of carbonyl (C=O) groups excluding carboxylic acids is 2. The Morgan fingerprint density at radius 3 is 2.18 bits per heavy atom. The van der Waals surface area contributed by atoms with E-state index in [1.54, 1.807) is 27.7 Å². The number of hydrogen-bond donors (Lipinski definition) is 0. The van der Waals surface area contributed by atoms with E-state index in [-0.39, 0.29) is 11.9 Å². The molecule has 0 spiro atoms. The third-order valence-corrected chi connectivity index (χ3v) is 2.27. The highest BCUT2D eigenvalue weighted by molar-refractivity contribution is 5.75. The quantitative estimate of drug-likeness (QED) is 0.425. The highest BCUT2D eigenvalue weighted by atomic mass is 16.6. The lowest BCUT2D eigenvalue weighted by molar-refractivity contribution is -0.153. The van der Waals surface area contributed by atoms with Crippen LogP contribution in [-0.2, 0) is 19.1 Å². The van der Waals surface area contributed by atoms with E-state index in [1.807, 2.05) is 0 Å². The monoisotopic (exact) mass is 238 g/mol. The van der Waals surface area contributed by atoms with Gasteiger partial charge in [0.2, 0.25) is 0 Å². The second-order valence-electron chi connectivity index (χ2n) is 5.18. The van der Waals surface area contributed by atoms with Crippen LogP contribution in [-0.4, -0.2) is 23.6 Å². The molecule has 0 N–H and O–H groups in total. The van der Waals surface area contributed by atoms with Crippen LogP contribution in [0.1, 0.15) is 40.5 Å². The fourth-order valence-corrected chi connectivity index (χ4v) is 1.13. The number of ether oxygens (including phenoxy) is 2. The molecule has 1 saturated carbocycles. The summed E-state index contributed by atoms with van der Waals surface area (Å²) < 4.78 is 10.1. The standard InChI is InChI=1S/C13H18O4/c1-12(2,16-9-14)7-8-13(3,4)17-11(15)10-5-6-10/h9-10H,5-6H2,1-4H3. The van der Waals surface area contributed by atoms with Gasteiger partial charge < -0.3 is 9.47 Å². The lowest BCUT2D eigenvalue weighted by Crippen LogP contribution is -2.29. The van der Waals surface area contributed by atoms with Gasteiger partial charge in [-0.2, -0.15) is 0 Å². The Morgan fingerprint density at radius 1 is 1.18 bits per heavy atom. The van der Waals surface area contributed by atoms with Crippen molar-refractivity contribution in [1.82, 2.24) is 0 Å². The van der Waals surface area contributed by atoms with E-state index in [2.05, 4.69) is 11.8 Å². The lowest BCUT2D eigenvalue weighted by atomic mass is 10.1. The summed E-state index contributed by atoms with van der Waals surface area (Å²) in [6.07, 6.45) is 1.81. The van der Waals surface area contributed by atoms with Crippen molar-refractivity contribution in [3.8, 4) is 11.8 Å². The summed E-state index contributed by atoms with van der Waals surface area (Å²) in [7, 11) is 0. The van der Waals surface area contributed by atoms with Crippen LogP contribution in [0.15, 0.2) is 0 Å². The molecule has 0 aromatic carbocycles. The number of carbonyl (C=O) groups is 2. The van der Waals surface area contributed by atoms with Crippen molar-refractivity contribution in [2.45, 2.75) is 51.7 Å². The zero-order valence-electron chi connectivity index (χ0n) is 10.7. The molecule has 1 aliphatic carbocycles. The van der Waals surface area contributed by atoms with Crippen LogP contribution >= 0.6 is 0 Å².